The Morgan fingerprint density at radius 1 is 1.17 bits per heavy atom. The second kappa shape index (κ2) is 8.16. The molecule has 1 amide bonds. The average Bonchev–Trinajstić information content (AvgIpc) is 3.32. The van der Waals surface area contributed by atoms with Gasteiger partial charge in [0.05, 0.1) is 11.3 Å². The molecule has 0 aliphatic heterocycles. The summed E-state index contributed by atoms with van der Waals surface area (Å²) in [5, 5.41) is 18.3. The van der Waals surface area contributed by atoms with Crippen LogP contribution in [0.1, 0.15) is 27.4 Å². The van der Waals surface area contributed by atoms with E-state index in [0.29, 0.717) is 29.4 Å². The lowest BCUT2D eigenvalue weighted by Crippen LogP contribution is -2.12. The van der Waals surface area contributed by atoms with Gasteiger partial charge < -0.3 is 14.6 Å². The zero-order chi connectivity index (χ0) is 21.1. The van der Waals surface area contributed by atoms with Crippen molar-refractivity contribution in [3.63, 3.8) is 0 Å². The average molecular weight is 404 g/mol. The molecule has 0 fully saturated rings. The Kier molecular flexibility index (Phi) is 5.25. The second-order valence-electron chi connectivity index (χ2n) is 6.78. The number of carbonyl (C=O) groups is 1. The Morgan fingerprint density at radius 3 is 2.63 bits per heavy atom. The molecule has 0 spiro atoms. The van der Waals surface area contributed by atoms with Crippen LogP contribution in [-0.2, 0) is 13.7 Å². The summed E-state index contributed by atoms with van der Waals surface area (Å²) >= 11 is 0. The number of aromatic nitrogens is 5. The molecule has 2 heterocycles. The van der Waals surface area contributed by atoms with Crippen molar-refractivity contribution in [3.8, 4) is 17.1 Å². The third-order valence-electron chi connectivity index (χ3n) is 4.68. The number of aryl methyl sites for hydroxylation is 3. The number of amides is 1. The summed E-state index contributed by atoms with van der Waals surface area (Å²) in [7, 11) is 1.76. The van der Waals surface area contributed by atoms with Crippen LogP contribution in [0.5, 0.6) is 5.75 Å². The fourth-order valence-corrected chi connectivity index (χ4v) is 2.98. The van der Waals surface area contributed by atoms with Gasteiger partial charge in [0.2, 0.25) is 0 Å². The highest BCUT2D eigenvalue weighted by Gasteiger charge is 2.11. The lowest BCUT2D eigenvalue weighted by atomic mass is 10.1. The summed E-state index contributed by atoms with van der Waals surface area (Å²) in [5.74, 6) is 1.79. The maximum Gasteiger partial charge on any atom is 0.255 e. The van der Waals surface area contributed by atoms with Gasteiger partial charge in [0.1, 0.15) is 18.1 Å². The van der Waals surface area contributed by atoms with Crippen molar-refractivity contribution in [1.29, 1.82) is 0 Å². The number of tetrazole rings is 1. The zero-order valence-electron chi connectivity index (χ0n) is 16.8. The first-order chi connectivity index (χ1) is 14.5. The summed E-state index contributed by atoms with van der Waals surface area (Å²) in [5.41, 5.74) is 3.71. The quantitative estimate of drug-likeness (QED) is 0.525. The number of carbonyl (C=O) groups excluding carboxylic acids is 1. The van der Waals surface area contributed by atoms with Crippen LogP contribution < -0.4 is 10.1 Å². The molecule has 0 saturated heterocycles. The van der Waals surface area contributed by atoms with Gasteiger partial charge in [-0.25, -0.2) is 4.68 Å². The Balaban J connectivity index is 1.41. The molecule has 0 aliphatic carbocycles. The fourth-order valence-electron chi connectivity index (χ4n) is 2.98. The Morgan fingerprint density at radius 2 is 1.97 bits per heavy atom. The molecule has 0 bridgehead atoms. The summed E-state index contributed by atoms with van der Waals surface area (Å²) in [6, 6.07) is 14.3. The molecular weight excluding hydrogens is 384 g/mol. The minimum absolute atomic E-state index is 0.222. The van der Waals surface area contributed by atoms with Crippen molar-refractivity contribution in [2.75, 3.05) is 5.32 Å². The van der Waals surface area contributed by atoms with Crippen LogP contribution in [0.3, 0.4) is 0 Å². The molecule has 0 radical (unpaired) electrons. The van der Waals surface area contributed by atoms with E-state index in [2.05, 4.69) is 26.0 Å². The van der Waals surface area contributed by atoms with Crippen LogP contribution in [0.25, 0.3) is 11.4 Å². The minimum atomic E-state index is -0.222. The molecular formula is C21H20N6O3. The number of hydrogen-bond donors (Lipinski definition) is 1. The van der Waals surface area contributed by atoms with Gasteiger partial charge in [-0.05, 0) is 60.7 Å². The number of nitrogens with zero attached hydrogens (tertiary/aromatic N) is 5. The van der Waals surface area contributed by atoms with Crippen molar-refractivity contribution >= 4 is 11.6 Å². The topological polar surface area (TPSA) is 108 Å². The first-order valence-electron chi connectivity index (χ1n) is 9.30. The van der Waals surface area contributed by atoms with Crippen molar-refractivity contribution in [3.05, 3.63) is 71.1 Å². The molecule has 4 rings (SSSR count). The van der Waals surface area contributed by atoms with Crippen LogP contribution in [0, 0.1) is 13.8 Å². The van der Waals surface area contributed by atoms with Crippen LogP contribution in [0.15, 0.2) is 53.1 Å². The van der Waals surface area contributed by atoms with Crippen LogP contribution >= 0.6 is 0 Å². The summed E-state index contributed by atoms with van der Waals surface area (Å²) in [4.78, 5) is 12.6. The van der Waals surface area contributed by atoms with E-state index in [1.807, 2.05) is 38.1 Å². The van der Waals surface area contributed by atoms with Gasteiger partial charge in [-0.3, -0.25) is 4.79 Å². The predicted molar refractivity (Wildman–Crippen MR) is 109 cm³/mol. The standard InChI is InChI=1S/C21H20N6O3/c1-13-19(14(2)30-24-13)12-29-18-9-7-15(8-10-18)21(28)22-17-6-4-5-16(11-17)20-23-25-26-27(20)3/h4-11H,12H2,1-3H3,(H,22,28). The van der Waals surface area contributed by atoms with Gasteiger partial charge >= 0.3 is 0 Å². The monoisotopic (exact) mass is 404 g/mol. The van der Waals surface area contributed by atoms with E-state index in [-0.39, 0.29) is 5.91 Å². The molecule has 9 heteroatoms. The molecule has 0 saturated carbocycles. The van der Waals surface area contributed by atoms with Gasteiger partial charge in [-0.2, -0.15) is 0 Å². The van der Waals surface area contributed by atoms with Crippen molar-refractivity contribution < 1.29 is 14.1 Å². The number of ether oxygens (including phenoxy) is 1. The maximum atomic E-state index is 12.6. The molecule has 0 aliphatic rings. The summed E-state index contributed by atoms with van der Waals surface area (Å²) in [6.07, 6.45) is 0. The van der Waals surface area contributed by atoms with Gasteiger partial charge in [0, 0.05) is 23.9 Å². The molecule has 30 heavy (non-hydrogen) atoms. The van der Waals surface area contributed by atoms with Crippen LogP contribution in [0.2, 0.25) is 0 Å². The van der Waals surface area contributed by atoms with Gasteiger partial charge in [-0.1, -0.05) is 17.3 Å². The molecule has 2 aromatic carbocycles. The molecule has 2 aromatic heterocycles. The van der Waals surface area contributed by atoms with E-state index >= 15 is 0 Å². The molecule has 152 valence electrons. The number of benzene rings is 2. The largest absolute Gasteiger partial charge is 0.489 e. The second-order valence-corrected chi connectivity index (χ2v) is 6.78. The normalized spacial score (nSPS) is 10.8. The summed E-state index contributed by atoms with van der Waals surface area (Å²) < 4.78 is 12.5. The molecule has 0 atom stereocenters. The lowest BCUT2D eigenvalue weighted by Gasteiger charge is -2.09. The Hall–Kier alpha value is -4.01. The predicted octanol–water partition coefficient (Wildman–Crippen LogP) is 3.31. The van der Waals surface area contributed by atoms with E-state index in [1.165, 1.54) is 0 Å². The van der Waals surface area contributed by atoms with Gasteiger partial charge in [-0.15, -0.1) is 5.10 Å². The lowest BCUT2D eigenvalue weighted by molar-refractivity contribution is 0.102. The van der Waals surface area contributed by atoms with Gasteiger partial charge in [0.15, 0.2) is 5.82 Å². The maximum absolute atomic E-state index is 12.6. The van der Waals surface area contributed by atoms with E-state index in [1.54, 1.807) is 36.0 Å². The molecule has 4 aromatic rings. The number of nitrogens with one attached hydrogen (secondary N) is 1. The van der Waals surface area contributed by atoms with E-state index in [9.17, 15) is 4.79 Å². The van der Waals surface area contributed by atoms with Crippen LogP contribution in [0.4, 0.5) is 5.69 Å². The van der Waals surface area contributed by atoms with E-state index in [0.717, 1.165) is 22.6 Å². The highest BCUT2D eigenvalue weighted by atomic mass is 16.5. The van der Waals surface area contributed by atoms with Crippen molar-refractivity contribution in [2.24, 2.45) is 7.05 Å². The number of hydrogen-bond acceptors (Lipinski definition) is 7. The molecule has 1 N–H and O–H groups in total. The highest BCUT2D eigenvalue weighted by Crippen LogP contribution is 2.21. The van der Waals surface area contributed by atoms with E-state index in [4.69, 9.17) is 9.26 Å². The zero-order valence-corrected chi connectivity index (χ0v) is 16.8. The summed E-state index contributed by atoms with van der Waals surface area (Å²) in [6.45, 7) is 4.08. The number of rotatable bonds is 6. The van der Waals surface area contributed by atoms with Crippen molar-refractivity contribution in [2.45, 2.75) is 20.5 Å². The first-order valence-corrected chi connectivity index (χ1v) is 9.30. The third kappa shape index (κ3) is 4.04. The SMILES string of the molecule is Cc1noc(C)c1COc1ccc(C(=O)Nc2cccc(-c3nnnn3C)c2)cc1. The smallest absolute Gasteiger partial charge is 0.255 e. The first kappa shape index (κ1) is 19.3. The van der Waals surface area contributed by atoms with Gasteiger partial charge in [0.25, 0.3) is 5.91 Å². The minimum Gasteiger partial charge on any atom is -0.489 e. The third-order valence-corrected chi connectivity index (χ3v) is 4.68. The molecule has 0 unspecified atom stereocenters. The number of anilines is 1. The fraction of sp³-hybridized carbons (Fsp3) is 0.190. The molecule has 9 nitrogen and oxygen atoms in total. The van der Waals surface area contributed by atoms with Crippen molar-refractivity contribution in [1.82, 2.24) is 25.4 Å². The van der Waals surface area contributed by atoms with Crippen LogP contribution in [-0.4, -0.2) is 31.3 Å². The highest BCUT2D eigenvalue weighted by molar-refractivity contribution is 6.04. The Labute approximate surface area is 172 Å². The Bertz CT molecular complexity index is 1160. The van der Waals surface area contributed by atoms with E-state index < -0.39 is 0 Å².